The second-order valence-corrected chi connectivity index (χ2v) is 8.08. The lowest BCUT2D eigenvalue weighted by Crippen LogP contribution is -2.57. The molecule has 1 fully saturated rings. The smallest absolute Gasteiger partial charge is 0.313 e. The third-order valence-electron chi connectivity index (χ3n) is 5.92. The summed E-state index contributed by atoms with van der Waals surface area (Å²) in [5.74, 6) is -1.13. The zero-order chi connectivity index (χ0) is 21.4. The van der Waals surface area contributed by atoms with Gasteiger partial charge < -0.3 is 15.5 Å². The van der Waals surface area contributed by atoms with Gasteiger partial charge in [-0.25, -0.2) is 0 Å². The van der Waals surface area contributed by atoms with Crippen LogP contribution in [-0.4, -0.2) is 52.7 Å². The van der Waals surface area contributed by atoms with Crippen LogP contribution in [0.1, 0.15) is 30.4 Å². The Morgan fingerprint density at radius 2 is 1.67 bits per heavy atom. The van der Waals surface area contributed by atoms with Crippen LogP contribution in [-0.2, 0) is 22.6 Å². The number of nitrogens with zero attached hydrogens (tertiary/aromatic N) is 1. The monoisotopic (exact) mass is 410 g/mol. The van der Waals surface area contributed by atoms with Crippen molar-refractivity contribution in [3.8, 4) is 0 Å². The van der Waals surface area contributed by atoms with Crippen LogP contribution in [0.5, 0.6) is 0 Å². The second-order valence-electron chi connectivity index (χ2n) is 8.08. The molecule has 0 saturated carbocycles. The number of piperidine rings is 1. The fourth-order valence-corrected chi connectivity index (χ4v) is 4.17. The van der Waals surface area contributed by atoms with E-state index in [4.69, 9.17) is 0 Å². The van der Waals surface area contributed by atoms with Crippen LogP contribution in [0.4, 0.5) is 0 Å². The van der Waals surface area contributed by atoms with Gasteiger partial charge in [0.25, 0.3) is 0 Å². The lowest BCUT2D eigenvalue weighted by molar-refractivity contribution is -0.165. The molecule has 0 aliphatic carbocycles. The molecule has 0 bridgehead atoms. The predicted molar refractivity (Wildman–Crippen MR) is 115 cm³/mol. The van der Waals surface area contributed by atoms with Gasteiger partial charge in [0.2, 0.25) is 5.91 Å². The van der Waals surface area contributed by atoms with E-state index in [1.807, 2.05) is 65.6 Å². The van der Waals surface area contributed by atoms with E-state index in [1.165, 1.54) is 0 Å². The minimum Gasteiger partial charge on any atom is -0.481 e. The lowest BCUT2D eigenvalue weighted by Gasteiger charge is -2.43. The molecule has 30 heavy (non-hydrogen) atoms. The Kier molecular flexibility index (Phi) is 7.60. The molecule has 1 saturated heterocycles. The highest BCUT2D eigenvalue weighted by molar-refractivity contribution is 5.79. The fourth-order valence-electron chi connectivity index (χ4n) is 4.17. The number of carbonyl (C=O) groups excluding carboxylic acids is 1. The molecule has 2 aromatic carbocycles. The number of carboxylic acid groups (broad SMARTS) is 1. The number of carboxylic acids is 1. The average Bonchev–Trinajstić information content (AvgIpc) is 2.76. The van der Waals surface area contributed by atoms with E-state index >= 15 is 0 Å². The van der Waals surface area contributed by atoms with Crippen LogP contribution in [0.25, 0.3) is 0 Å². The van der Waals surface area contributed by atoms with Crippen molar-refractivity contribution in [3.63, 3.8) is 0 Å². The highest BCUT2D eigenvalue weighted by Crippen LogP contribution is 2.36. The SMILES string of the molecule is O=C(CN1CC[C@@H](O)[C@](CCCc2ccccc2)(C(=O)O)C1)NCc1ccccc1. The predicted octanol–water partition coefficient (Wildman–Crippen LogP) is 2.46. The number of benzene rings is 2. The minimum absolute atomic E-state index is 0.132. The summed E-state index contributed by atoms with van der Waals surface area (Å²) in [7, 11) is 0. The Labute approximate surface area is 177 Å². The van der Waals surface area contributed by atoms with Crippen molar-refractivity contribution in [1.29, 1.82) is 0 Å². The van der Waals surface area contributed by atoms with Crippen molar-refractivity contribution < 1.29 is 19.8 Å². The van der Waals surface area contributed by atoms with E-state index in [2.05, 4.69) is 5.32 Å². The van der Waals surface area contributed by atoms with Crippen LogP contribution in [0.3, 0.4) is 0 Å². The molecule has 3 rings (SSSR count). The van der Waals surface area contributed by atoms with E-state index in [9.17, 15) is 19.8 Å². The number of aliphatic hydroxyl groups is 1. The number of carbonyl (C=O) groups is 2. The molecule has 0 aromatic heterocycles. The van der Waals surface area contributed by atoms with Gasteiger partial charge in [-0.2, -0.15) is 0 Å². The summed E-state index contributed by atoms with van der Waals surface area (Å²) in [4.78, 5) is 26.4. The number of hydrogen-bond donors (Lipinski definition) is 3. The highest BCUT2D eigenvalue weighted by atomic mass is 16.4. The van der Waals surface area contributed by atoms with Crippen molar-refractivity contribution in [2.75, 3.05) is 19.6 Å². The standard InChI is InChI=1S/C24H30N2O4/c27-21-13-15-26(17-22(28)25-16-20-10-5-2-6-11-20)18-24(21,23(29)30)14-7-12-19-8-3-1-4-9-19/h1-6,8-11,21,27H,7,12-18H2,(H,25,28)(H,29,30)/t21-,24-/m1/s1. The number of amides is 1. The zero-order valence-corrected chi connectivity index (χ0v) is 17.2. The summed E-state index contributed by atoms with van der Waals surface area (Å²) in [6.07, 6.45) is 1.25. The minimum atomic E-state index is -1.24. The van der Waals surface area contributed by atoms with E-state index in [1.54, 1.807) is 0 Å². The van der Waals surface area contributed by atoms with E-state index in [0.29, 0.717) is 32.4 Å². The van der Waals surface area contributed by atoms with Crippen LogP contribution < -0.4 is 5.32 Å². The number of hydrogen-bond acceptors (Lipinski definition) is 4. The zero-order valence-electron chi connectivity index (χ0n) is 17.2. The Morgan fingerprint density at radius 3 is 2.30 bits per heavy atom. The molecular formula is C24H30N2O4. The maximum absolute atomic E-state index is 12.4. The maximum atomic E-state index is 12.4. The summed E-state index contributed by atoms with van der Waals surface area (Å²) in [5, 5.41) is 23.4. The van der Waals surface area contributed by atoms with Gasteiger partial charge in [-0.15, -0.1) is 0 Å². The van der Waals surface area contributed by atoms with Crippen molar-refractivity contribution in [3.05, 3.63) is 71.8 Å². The maximum Gasteiger partial charge on any atom is 0.313 e. The van der Waals surface area contributed by atoms with Gasteiger partial charge in [0.05, 0.1) is 12.6 Å². The van der Waals surface area contributed by atoms with Gasteiger partial charge in [0.15, 0.2) is 0 Å². The number of nitrogens with one attached hydrogen (secondary N) is 1. The van der Waals surface area contributed by atoms with Crippen molar-refractivity contribution in [1.82, 2.24) is 10.2 Å². The first kappa shape index (κ1) is 22.0. The molecule has 3 N–H and O–H groups in total. The number of likely N-dealkylation sites (tertiary alicyclic amines) is 1. The van der Waals surface area contributed by atoms with Crippen LogP contribution in [0.2, 0.25) is 0 Å². The molecule has 0 spiro atoms. The summed E-state index contributed by atoms with van der Waals surface area (Å²) >= 11 is 0. The third kappa shape index (κ3) is 5.68. The molecule has 2 atom stereocenters. The molecule has 1 aliphatic rings. The third-order valence-corrected chi connectivity index (χ3v) is 5.92. The lowest BCUT2D eigenvalue weighted by atomic mass is 9.73. The van der Waals surface area contributed by atoms with E-state index in [-0.39, 0.29) is 19.0 Å². The fraction of sp³-hybridized carbons (Fsp3) is 0.417. The molecule has 1 heterocycles. The molecule has 1 amide bonds. The average molecular weight is 411 g/mol. The van der Waals surface area contributed by atoms with Gasteiger partial charge >= 0.3 is 5.97 Å². The normalized spacial score (nSPS) is 21.8. The van der Waals surface area contributed by atoms with Gasteiger partial charge in [0.1, 0.15) is 5.41 Å². The first-order valence-electron chi connectivity index (χ1n) is 10.5. The Bertz CT molecular complexity index is 828. The Hall–Kier alpha value is -2.70. The van der Waals surface area contributed by atoms with E-state index in [0.717, 1.165) is 17.5 Å². The van der Waals surface area contributed by atoms with Gasteiger partial charge in [-0.05, 0) is 36.8 Å². The quantitative estimate of drug-likeness (QED) is 0.591. The Balaban J connectivity index is 1.56. The van der Waals surface area contributed by atoms with Crippen molar-refractivity contribution in [2.24, 2.45) is 5.41 Å². The Morgan fingerprint density at radius 1 is 1.03 bits per heavy atom. The first-order valence-corrected chi connectivity index (χ1v) is 10.5. The summed E-state index contributed by atoms with van der Waals surface area (Å²) in [6.45, 7) is 1.26. The number of aliphatic carboxylic acids is 1. The van der Waals surface area contributed by atoms with E-state index < -0.39 is 17.5 Å². The molecule has 2 aromatic rings. The summed E-state index contributed by atoms with van der Waals surface area (Å²) < 4.78 is 0. The molecule has 0 radical (unpaired) electrons. The van der Waals surface area contributed by atoms with Gasteiger partial charge in [-0.3, -0.25) is 14.5 Å². The molecule has 6 nitrogen and oxygen atoms in total. The number of aryl methyl sites for hydroxylation is 1. The first-order chi connectivity index (χ1) is 14.5. The molecule has 1 aliphatic heterocycles. The molecule has 6 heteroatoms. The second kappa shape index (κ2) is 10.4. The molecule has 160 valence electrons. The summed E-state index contributed by atoms with van der Waals surface area (Å²) in [5.41, 5.74) is 0.924. The topological polar surface area (TPSA) is 89.9 Å². The number of rotatable bonds is 9. The van der Waals surface area contributed by atoms with Gasteiger partial charge in [-0.1, -0.05) is 60.7 Å². The van der Waals surface area contributed by atoms with Crippen LogP contribution >= 0.6 is 0 Å². The number of aliphatic hydroxyl groups excluding tert-OH is 1. The van der Waals surface area contributed by atoms with Crippen molar-refractivity contribution >= 4 is 11.9 Å². The van der Waals surface area contributed by atoms with Crippen LogP contribution in [0.15, 0.2) is 60.7 Å². The largest absolute Gasteiger partial charge is 0.481 e. The highest BCUT2D eigenvalue weighted by Gasteiger charge is 2.48. The van der Waals surface area contributed by atoms with Crippen molar-refractivity contribution in [2.45, 2.75) is 38.3 Å². The van der Waals surface area contributed by atoms with Gasteiger partial charge in [0, 0.05) is 19.6 Å². The molecular weight excluding hydrogens is 380 g/mol. The molecule has 0 unspecified atom stereocenters. The van der Waals surface area contributed by atoms with Crippen LogP contribution in [0, 0.1) is 5.41 Å². The summed E-state index contributed by atoms with van der Waals surface area (Å²) in [6, 6.07) is 19.6.